The Labute approximate surface area is 182 Å². The first-order valence-electron chi connectivity index (χ1n) is 7.36. The van der Waals surface area contributed by atoms with Crippen LogP contribution >= 0.6 is 69.6 Å². The molecule has 6 nitrogen and oxygen atoms in total. The van der Waals surface area contributed by atoms with Gasteiger partial charge in [-0.05, 0) is 6.07 Å². The molecule has 2 bridgehead atoms. The Kier molecular flexibility index (Phi) is 4.09. The van der Waals surface area contributed by atoms with E-state index in [9.17, 15) is 19.7 Å². The largest absolute Gasteiger partial charge is 0.274 e. The molecule has 4 unspecified atom stereocenters. The van der Waals surface area contributed by atoms with Crippen molar-refractivity contribution in [3.63, 3.8) is 0 Å². The number of fused-ring (bicyclic) bond motifs is 5. The number of non-ortho nitro benzene ring substituents is 1. The second kappa shape index (κ2) is 5.65. The highest BCUT2D eigenvalue weighted by molar-refractivity contribution is 6.67. The van der Waals surface area contributed by atoms with Crippen molar-refractivity contribution in [2.75, 3.05) is 4.90 Å². The number of carbonyl (C=O) groups excluding carboxylic acids is 2. The van der Waals surface area contributed by atoms with E-state index in [4.69, 9.17) is 69.6 Å². The zero-order valence-electron chi connectivity index (χ0n) is 12.8. The van der Waals surface area contributed by atoms with Crippen molar-refractivity contribution < 1.29 is 14.5 Å². The van der Waals surface area contributed by atoms with Crippen molar-refractivity contribution >= 4 is 92.8 Å². The minimum atomic E-state index is -2.02. The summed E-state index contributed by atoms with van der Waals surface area (Å²) in [5.74, 6) is -4.10. The lowest BCUT2D eigenvalue weighted by atomic mass is 9.84. The standard InChI is InChI=1S/C15H6Cl6N2O4/c16-9-10(17)14(19)8-7(13(9,18)15(14,20)21)11(24)22(12(8)25)5-2-1-3-6(4-5)23(26)27/h1-4,7-8H. The molecule has 3 aliphatic rings. The van der Waals surface area contributed by atoms with Crippen LogP contribution in [0, 0.1) is 22.0 Å². The van der Waals surface area contributed by atoms with Gasteiger partial charge in [0, 0.05) is 12.1 Å². The fourth-order valence-electron chi connectivity index (χ4n) is 4.00. The Bertz CT molecular complexity index is 935. The number of amides is 2. The van der Waals surface area contributed by atoms with Gasteiger partial charge in [-0.15, -0.1) is 23.2 Å². The molecule has 0 radical (unpaired) electrons. The number of alkyl halides is 4. The van der Waals surface area contributed by atoms with Crippen LogP contribution in [0.4, 0.5) is 11.4 Å². The van der Waals surface area contributed by atoms with E-state index in [1.54, 1.807) is 0 Å². The Morgan fingerprint density at radius 2 is 1.44 bits per heavy atom. The summed E-state index contributed by atoms with van der Waals surface area (Å²) in [6, 6.07) is 5.03. The van der Waals surface area contributed by atoms with Crippen molar-refractivity contribution in [2.45, 2.75) is 14.1 Å². The maximum absolute atomic E-state index is 13.1. The third-order valence-electron chi connectivity index (χ3n) is 5.21. The Morgan fingerprint density at radius 1 is 0.963 bits per heavy atom. The Morgan fingerprint density at radius 3 is 1.89 bits per heavy atom. The molecule has 142 valence electrons. The van der Waals surface area contributed by atoms with Gasteiger partial charge in [-0.1, -0.05) is 52.5 Å². The van der Waals surface area contributed by atoms with Crippen molar-refractivity contribution in [3.05, 3.63) is 44.4 Å². The summed E-state index contributed by atoms with van der Waals surface area (Å²) in [5.41, 5.74) is -0.303. The van der Waals surface area contributed by atoms with E-state index in [2.05, 4.69) is 0 Å². The van der Waals surface area contributed by atoms with Gasteiger partial charge in [-0.25, -0.2) is 4.90 Å². The molecule has 1 aliphatic heterocycles. The molecular formula is C15H6Cl6N2O4. The number of rotatable bonds is 2. The van der Waals surface area contributed by atoms with Gasteiger partial charge in [0.2, 0.25) is 11.8 Å². The number of allylic oxidation sites excluding steroid dienone is 2. The second-order valence-corrected chi connectivity index (χ2v) is 9.65. The number of benzene rings is 1. The summed E-state index contributed by atoms with van der Waals surface area (Å²) in [6.45, 7) is 0. The van der Waals surface area contributed by atoms with Crippen LogP contribution in [0.2, 0.25) is 0 Å². The topological polar surface area (TPSA) is 80.5 Å². The minimum Gasteiger partial charge on any atom is -0.274 e. The molecule has 0 aromatic heterocycles. The van der Waals surface area contributed by atoms with Crippen LogP contribution in [-0.4, -0.2) is 30.8 Å². The van der Waals surface area contributed by atoms with Crippen LogP contribution in [0.25, 0.3) is 0 Å². The molecule has 1 aromatic rings. The van der Waals surface area contributed by atoms with E-state index in [1.165, 1.54) is 18.2 Å². The van der Waals surface area contributed by atoms with Gasteiger partial charge in [-0.3, -0.25) is 19.7 Å². The molecule has 1 aromatic carbocycles. The number of nitrogens with zero attached hydrogens (tertiary/aromatic N) is 2. The summed E-state index contributed by atoms with van der Waals surface area (Å²) < 4.78 is -2.02. The molecule has 0 spiro atoms. The van der Waals surface area contributed by atoms with Crippen LogP contribution in [0.15, 0.2) is 34.3 Å². The van der Waals surface area contributed by atoms with Crippen LogP contribution in [0.5, 0.6) is 0 Å². The number of carbonyl (C=O) groups is 2. The molecular weight excluding hydrogens is 485 g/mol. The highest BCUT2D eigenvalue weighted by Crippen LogP contribution is 2.77. The average Bonchev–Trinajstić information content (AvgIpc) is 2.99. The molecule has 2 amide bonds. The number of hydrogen-bond acceptors (Lipinski definition) is 4. The number of hydrogen-bond donors (Lipinski definition) is 0. The fourth-order valence-corrected chi connectivity index (χ4v) is 6.92. The number of nitro groups is 1. The van der Waals surface area contributed by atoms with E-state index < -0.39 is 42.7 Å². The smallest absolute Gasteiger partial charge is 0.271 e. The van der Waals surface area contributed by atoms with Gasteiger partial charge in [0.25, 0.3) is 5.69 Å². The lowest BCUT2D eigenvalue weighted by Crippen LogP contribution is -2.50. The molecule has 4 atom stereocenters. The molecule has 12 heteroatoms. The monoisotopic (exact) mass is 488 g/mol. The van der Waals surface area contributed by atoms with Gasteiger partial charge < -0.3 is 0 Å². The third-order valence-corrected chi connectivity index (χ3v) is 9.47. The van der Waals surface area contributed by atoms with Crippen molar-refractivity contribution in [3.8, 4) is 0 Å². The van der Waals surface area contributed by atoms with Crippen LogP contribution in [0.1, 0.15) is 0 Å². The van der Waals surface area contributed by atoms with Gasteiger partial charge >= 0.3 is 0 Å². The van der Waals surface area contributed by atoms with Crippen molar-refractivity contribution in [1.82, 2.24) is 0 Å². The minimum absolute atomic E-state index is 0.00415. The summed E-state index contributed by atoms with van der Waals surface area (Å²) in [4.78, 5) is 33.5. The first kappa shape index (κ1) is 19.6. The van der Waals surface area contributed by atoms with E-state index in [-0.39, 0.29) is 21.4 Å². The van der Waals surface area contributed by atoms with Crippen molar-refractivity contribution in [2.24, 2.45) is 11.8 Å². The Balaban J connectivity index is 1.89. The summed E-state index contributed by atoms with van der Waals surface area (Å²) in [5, 5.41) is 10.6. The summed E-state index contributed by atoms with van der Waals surface area (Å²) in [7, 11) is 0. The third kappa shape index (κ3) is 1.97. The van der Waals surface area contributed by atoms with E-state index >= 15 is 0 Å². The first-order chi connectivity index (χ1) is 12.4. The number of anilines is 1. The van der Waals surface area contributed by atoms with Gasteiger partial charge in [-0.2, -0.15) is 0 Å². The second-order valence-electron chi connectivity index (χ2n) is 6.37. The maximum atomic E-state index is 13.1. The predicted octanol–water partition coefficient (Wildman–Crippen LogP) is 4.55. The average molecular weight is 491 g/mol. The number of imide groups is 1. The quantitative estimate of drug-likeness (QED) is 0.264. The van der Waals surface area contributed by atoms with Gasteiger partial charge in [0.05, 0.1) is 32.5 Å². The van der Waals surface area contributed by atoms with E-state index in [0.29, 0.717) is 0 Å². The molecule has 4 rings (SSSR count). The Hall–Kier alpha value is -0.760. The maximum Gasteiger partial charge on any atom is 0.271 e. The molecule has 2 aliphatic carbocycles. The zero-order valence-corrected chi connectivity index (χ0v) is 17.3. The molecule has 0 N–H and O–H groups in total. The van der Waals surface area contributed by atoms with Crippen LogP contribution in [0.3, 0.4) is 0 Å². The van der Waals surface area contributed by atoms with Gasteiger partial charge in [0.1, 0.15) is 9.75 Å². The highest BCUT2D eigenvalue weighted by Gasteiger charge is 2.87. The molecule has 1 saturated heterocycles. The molecule has 1 saturated carbocycles. The predicted molar refractivity (Wildman–Crippen MR) is 103 cm³/mol. The first-order valence-corrected chi connectivity index (χ1v) is 9.63. The lowest BCUT2D eigenvalue weighted by Gasteiger charge is -2.34. The van der Waals surface area contributed by atoms with E-state index in [1.807, 2.05) is 0 Å². The van der Waals surface area contributed by atoms with Crippen LogP contribution in [-0.2, 0) is 9.59 Å². The zero-order chi connectivity index (χ0) is 20.1. The molecule has 1 heterocycles. The van der Waals surface area contributed by atoms with Crippen LogP contribution < -0.4 is 4.90 Å². The summed E-state index contributed by atoms with van der Waals surface area (Å²) >= 11 is 38.3. The number of nitro benzene ring substituents is 1. The fraction of sp³-hybridized carbons (Fsp3) is 0.333. The lowest BCUT2D eigenvalue weighted by molar-refractivity contribution is -0.384. The molecule has 27 heavy (non-hydrogen) atoms. The molecule has 2 fully saturated rings. The summed E-state index contributed by atoms with van der Waals surface area (Å²) in [6.07, 6.45) is 0. The number of halogens is 6. The van der Waals surface area contributed by atoms with Gasteiger partial charge in [0.15, 0.2) is 4.33 Å². The van der Waals surface area contributed by atoms with Crippen molar-refractivity contribution in [1.29, 1.82) is 0 Å². The normalized spacial score (nSPS) is 36.6. The SMILES string of the molecule is O=C1C2C(C(=O)N1c1cccc([N+](=O)[O-])c1)C1(Cl)C(Cl)=C(Cl)C2(Cl)C1(Cl)Cl. The van der Waals surface area contributed by atoms with E-state index in [0.717, 1.165) is 11.0 Å². The highest BCUT2D eigenvalue weighted by atomic mass is 35.5.